The van der Waals surface area contributed by atoms with Crippen molar-refractivity contribution >= 4 is 27.5 Å². The van der Waals surface area contributed by atoms with Crippen molar-refractivity contribution < 1.29 is 22.3 Å². The number of rotatable bonds is 5. The van der Waals surface area contributed by atoms with Gasteiger partial charge < -0.3 is 4.74 Å². The first-order valence-electron chi connectivity index (χ1n) is 9.84. The van der Waals surface area contributed by atoms with E-state index in [1.165, 1.54) is 39.5 Å². The van der Waals surface area contributed by atoms with Crippen molar-refractivity contribution in [2.24, 2.45) is 5.41 Å². The molecule has 0 saturated heterocycles. The number of benzene rings is 1. The van der Waals surface area contributed by atoms with Crippen molar-refractivity contribution in [2.75, 3.05) is 0 Å². The van der Waals surface area contributed by atoms with Gasteiger partial charge in [-0.25, -0.2) is 17.5 Å². The number of hydrogen-bond donors (Lipinski definition) is 1. The van der Waals surface area contributed by atoms with Crippen LogP contribution in [-0.2, 0) is 10.0 Å². The summed E-state index contributed by atoms with van der Waals surface area (Å²) in [5.74, 6) is -1.71. The minimum absolute atomic E-state index is 0.0240. The molecule has 2 aliphatic carbocycles. The Labute approximate surface area is 171 Å². The van der Waals surface area contributed by atoms with Crippen LogP contribution in [0.3, 0.4) is 0 Å². The van der Waals surface area contributed by atoms with Crippen molar-refractivity contribution in [3.63, 3.8) is 0 Å². The van der Waals surface area contributed by atoms with Crippen molar-refractivity contribution in [3.8, 4) is 5.75 Å². The highest BCUT2D eigenvalue weighted by molar-refractivity contribution is 7.90. The second kappa shape index (κ2) is 8.19. The van der Waals surface area contributed by atoms with Crippen LogP contribution in [0.5, 0.6) is 5.75 Å². The van der Waals surface area contributed by atoms with Crippen molar-refractivity contribution in [1.29, 1.82) is 0 Å². The maximum Gasteiger partial charge on any atom is 0.267 e. The Morgan fingerprint density at radius 2 is 1.82 bits per heavy atom. The lowest BCUT2D eigenvalue weighted by Crippen LogP contribution is -2.36. The Bertz CT molecular complexity index is 840. The van der Waals surface area contributed by atoms with Crippen LogP contribution in [0.2, 0.25) is 5.02 Å². The Hall–Kier alpha value is -1.34. The standard InChI is InChI=1S/C20H27ClFNO4S/c1-13(2)28(25,26)23-19(24)15-11-16(21)18(12-17(15)22)27-14-5-9-20(10-6-14)7-3-4-8-20/h11-14H,3-10H2,1-2H3,(H,23,24). The Morgan fingerprint density at radius 1 is 1.21 bits per heavy atom. The predicted molar refractivity (Wildman–Crippen MR) is 107 cm³/mol. The first-order valence-corrected chi connectivity index (χ1v) is 11.8. The van der Waals surface area contributed by atoms with Crippen LogP contribution in [0.25, 0.3) is 0 Å². The zero-order chi connectivity index (χ0) is 20.5. The first kappa shape index (κ1) is 21.4. The van der Waals surface area contributed by atoms with Crippen LogP contribution in [-0.4, -0.2) is 25.7 Å². The summed E-state index contributed by atoms with van der Waals surface area (Å²) in [7, 11) is -3.86. The third-order valence-electron chi connectivity index (χ3n) is 6.07. The molecule has 2 saturated carbocycles. The molecule has 0 heterocycles. The van der Waals surface area contributed by atoms with Gasteiger partial charge in [0.2, 0.25) is 10.0 Å². The number of ether oxygens (including phenoxy) is 1. The molecular formula is C20H27ClFNO4S. The number of nitrogens with one attached hydrogen (secondary N) is 1. The minimum atomic E-state index is -3.86. The molecule has 2 fully saturated rings. The fourth-order valence-corrected chi connectivity index (χ4v) is 5.03. The fourth-order valence-electron chi connectivity index (χ4n) is 4.22. The zero-order valence-electron chi connectivity index (χ0n) is 16.3. The third-order valence-corrected chi connectivity index (χ3v) is 8.08. The monoisotopic (exact) mass is 431 g/mol. The average molecular weight is 432 g/mol. The molecule has 0 aliphatic heterocycles. The third kappa shape index (κ3) is 4.62. The molecule has 0 aromatic heterocycles. The van der Waals surface area contributed by atoms with E-state index in [2.05, 4.69) is 0 Å². The van der Waals surface area contributed by atoms with Gasteiger partial charge in [-0.2, -0.15) is 0 Å². The van der Waals surface area contributed by atoms with Crippen molar-refractivity contribution in [1.82, 2.24) is 4.72 Å². The van der Waals surface area contributed by atoms with Crippen molar-refractivity contribution in [3.05, 3.63) is 28.5 Å². The molecule has 0 atom stereocenters. The van der Waals surface area contributed by atoms with Gasteiger partial charge in [0.15, 0.2) is 0 Å². The van der Waals surface area contributed by atoms with Gasteiger partial charge in [0.25, 0.3) is 5.91 Å². The molecule has 0 unspecified atom stereocenters. The van der Waals surface area contributed by atoms with Crippen LogP contribution in [0.4, 0.5) is 4.39 Å². The Balaban J connectivity index is 1.68. The second-order valence-corrected chi connectivity index (χ2v) is 11.0. The highest BCUT2D eigenvalue weighted by Crippen LogP contribution is 2.49. The van der Waals surface area contributed by atoms with Gasteiger partial charge >= 0.3 is 0 Å². The van der Waals surface area contributed by atoms with E-state index in [-0.39, 0.29) is 16.9 Å². The average Bonchev–Trinajstić information content (AvgIpc) is 3.07. The number of sulfonamides is 1. The molecule has 1 N–H and O–H groups in total. The van der Waals surface area contributed by atoms with E-state index in [4.69, 9.17) is 16.3 Å². The number of halogens is 2. The van der Waals surface area contributed by atoms with Gasteiger partial charge in [-0.15, -0.1) is 0 Å². The van der Waals surface area contributed by atoms with E-state index in [0.29, 0.717) is 5.41 Å². The molecule has 3 rings (SSSR count). The van der Waals surface area contributed by atoms with E-state index in [1.54, 1.807) is 0 Å². The van der Waals surface area contributed by atoms with Gasteiger partial charge in [-0.3, -0.25) is 4.79 Å². The summed E-state index contributed by atoms with van der Waals surface area (Å²) in [6, 6.07) is 2.19. The van der Waals surface area contributed by atoms with Crippen LogP contribution in [0, 0.1) is 11.2 Å². The molecule has 1 amide bonds. The molecule has 1 aromatic rings. The summed E-state index contributed by atoms with van der Waals surface area (Å²) in [5, 5.41) is -0.721. The molecule has 5 nitrogen and oxygen atoms in total. The topological polar surface area (TPSA) is 72.5 Å². The smallest absolute Gasteiger partial charge is 0.267 e. The van der Waals surface area contributed by atoms with E-state index >= 15 is 0 Å². The SMILES string of the molecule is CC(C)S(=O)(=O)NC(=O)c1cc(Cl)c(OC2CCC3(CCCC3)CC2)cc1F. The summed E-state index contributed by atoms with van der Waals surface area (Å²) in [6.45, 7) is 2.85. The highest BCUT2D eigenvalue weighted by Gasteiger charge is 2.38. The zero-order valence-corrected chi connectivity index (χ0v) is 17.8. The summed E-state index contributed by atoms with van der Waals surface area (Å²) in [4.78, 5) is 12.2. The van der Waals surface area contributed by atoms with Gasteiger partial charge in [-0.05, 0) is 63.9 Å². The van der Waals surface area contributed by atoms with Gasteiger partial charge in [0.05, 0.1) is 21.9 Å². The molecular weight excluding hydrogens is 405 g/mol. The van der Waals surface area contributed by atoms with E-state index in [1.807, 2.05) is 4.72 Å². The molecule has 2 aliphatic rings. The molecule has 156 valence electrons. The number of carbonyl (C=O) groups excluding carboxylic acids is 1. The summed E-state index contributed by atoms with van der Waals surface area (Å²) >= 11 is 6.20. The molecule has 8 heteroatoms. The van der Waals surface area contributed by atoms with Gasteiger partial charge in [0, 0.05) is 6.07 Å². The summed E-state index contributed by atoms with van der Waals surface area (Å²) in [5.41, 5.74) is 0.0498. The first-order chi connectivity index (χ1) is 13.1. The second-order valence-electron chi connectivity index (χ2n) is 8.31. The predicted octanol–water partition coefficient (Wildman–Crippen LogP) is 4.83. The van der Waals surface area contributed by atoms with Crippen molar-refractivity contribution in [2.45, 2.75) is 76.6 Å². The van der Waals surface area contributed by atoms with E-state index < -0.39 is 32.6 Å². The molecule has 0 radical (unpaired) electrons. The van der Waals surface area contributed by atoms with Crippen LogP contribution in [0.1, 0.15) is 75.6 Å². The van der Waals surface area contributed by atoms with E-state index in [0.717, 1.165) is 37.8 Å². The Kier molecular flexibility index (Phi) is 6.25. The van der Waals surface area contributed by atoms with Crippen LogP contribution in [0.15, 0.2) is 12.1 Å². The number of carbonyl (C=O) groups is 1. The lowest BCUT2D eigenvalue weighted by Gasteiger charge is -2.37. The van der Waals surface area contributed by atoms with Gasteiger partial charge in [0.1, 0.15) is 11.6 Å². The molecule has 1 aromatic carbocycles. The lowest BCUT2D eigenvalue weighted by atomic mass is 9.72. The summed E-state index contributed by atoms with van der Waals surface area (Å²) < 4.78 is 45.9. The fraction of sp³-hybridized carbons (Fsp3) is 0.650. The maximum atomic E-state index is 14.5. The number of hydrogen-bond acceptors (Lipinski definition) is 4. The molecule has 28 heavy (non-hydrogen) atoms. The molecule has 1 spiro atoms. The quantitative estimate of drug-likeness (QED) is 0.724. The summed E-state index contributed by atoms with van der Waals surface area (Å²) in [6.07, 6.45) is 9.22. The lowest BCUT2D eigenvalue weighted by molar-refractivity contribution is 0.0822. The van der Waals surface area contributed by atoms with Crippen LogP contribution < -0.4 is 9.46 Å². The maximum absolute atomic E-state index is 14.5. The van der Waals surface area contributed by atoms with Gasteiger partial charge in [-0.1, -0.05) is 24.4 Å². The van der Waals surface area contributed by atoms with E-state index in [9.17, 15) is 17.6 Å². The molecule has 0 bridgehead atoms. The minimum Gasteiger partial charge on any atom is -0.489 e. The normalized spacial score (nSPS) is 19.9. The highest BCUT2D eigenvalue weighted by atomic mass is 35.5. The Morgan fingerprint density at radius 3 is 2.39 bits per heavy atom. The largest absolute Gasteiger partial charge is 0.489 e. The number of amides is 1. The van der Waals surface area contributed by atoms with Crippen LogP contribution >= 0.6 is 11.6 Å².